The molecule has 0 aliphatic carbocycles. The molecule has 3 nitrogen and oxygen atoms in total. The van der Waals surface area contributed by atoms with E-state index in [1.807, 2.05) is 26.0 Å². The highest BCUT2D eigenvalue weighted by Gasteiger charge is 2.33. The molecule has 4 heteroatoms. The smallest absolute Gasteiger partial charge is 0.136 e. The summed E-state index contributed by atoms with van der Waals surface area (Å²) in [7, 11) is 1.61. The van der Waals surface area contributed by atoms with Gasteiger partial charge in [0, 0.05) is 18.1 Å². The monoisotopic (exact) mass is 286 g/mol. The molecule has 1 aromatic rings. The minimum atomic E-state index is -0.485. The van der Waals surface area contributed by atoms with Crippen LogP contribution in [0.3, 0.4) is 0 Å². The lowest BCUT2D eigenvalue weighted by Crippen LogP contribution is -2.34. The fourth-order valence-corrected chi connectivity index (χ4v) is 2.49. The lowest BCUT2D eigenvalue weighted by atomic mass is 9.92. The Morgan fingerprint density at radius 2 is 2.19 bits per heavy atom. The second-order valence-electron chi connectivity index (χ2n) is 4.61. The standard InChI is InChI=1S/C12H15BrO3/c1-12(2)6-9(14)7-4-8(13)11(15-3)5-10(7)16-12/h4-5,9,14H,6H2,1-3H3. The van der Waals surface area contributed by atoms with Gasteiger partial charge in [-0.3, -0.25) is 0 Å². The molecule has 88 valence electrons. The maximum atomic E-state index is 10.0. The normalized spacial score (nSPS) is 22.2. The number of methoxy groups -OCH3 is 1. The van der Waals surface area contributed by atoms with Gasteiger partial charge in [0.15, 0.2) is 0 Å². The molecule has 1 heterocycles. The third-order valence-corrected chi connectivity index (χ3v) is 3.33. The maximum Gasteiger partial charge on any atom is 0.136 e. The second kappa shape index (κ2) is 3.93. The highest BCUT2D eigenvalue weighted by atomic mass is 79.9. The van der Waals surface area contributed by atoms with Gasteiger partial charge in [-0.25, -0.2) is 0 Å². The van der Waals surface area contributed by atoms with E-state index in [0.717, 1.165) is 10.0 Å². The minimum Gasteiger partial charge on any atom is -0.495 e. The molecule has 1 atom stereocenters. The van der Waals surface area contributed by atoms with Gasteiger partial charge < -0.3 is 14.6 Å². The first-order chi connectivity index (χ1) is 7.43. The molecule has 0 amide bonds. The second-order valence-corrected chi connectivity index (χ2v) is 5.46. The van der Waals surface area contributed by atoms with Gasteiger partial charge in [0.1, 0.15) is 17.1 Å². The zero-order chi connectivity index (χ0) is 11.9. The topological polar surface area (TPSA) is 38.7 Å². The molecule has 1 aliphatic rings. The van der Waals surface area contributed by atoms with Crippen molar-refractivity contribution in [1.29, 1.82) is 0 Å². The fraction of sp³-hybridized carbons (Fsp3) is 0.500. The van der Waals surface area contributed by atoms with Gasteiger partial charge in [-0.2, -0.15) is 0 Å². The molecule has 2 rings (SSSR count). The first-order valence-electron chi connectivity index (χ1n) is 5.17. The predicted molar refractivity (Wildman–Crippen MR) is 65.0 cm³/mol. The summed E-state index contributed by atoms with van der Waals surface area (Å²) >= 11 is 3.40. The van der Waals surface area contributed by atoms with Crippen molar-refractivity contribution in [3.05, 3.63) is 22.2 Å². The van der Waals surface area contributed by atoms with E-state index in [1.165, 1.54) is 0 Å². The van der Waals surface area contributed by atoms with Gasteiger partial charge in [-0.15, -0.1) is 0 Å². The molecule has 0 bridgehead atoms. The average Bonchev–Trinajstić information content (AvgIpc) is 2.17. The molecule has 1 N–H and O–H groups in total. The van der Waals surface area contributed by atoms with Crippen LogP contribution in [0.25, 0.3) is 0 Å². The van der Waals surface area contributed by atoms with Crippen LogP contribution in [0.2, 0.25) is 0 Å². The van der Waals surface area contributed by atoms with Crippen LogP contribution in [0.5, 0.6) is 11.5 Å². The van der Waals surface area contributed by atoms with E-state index in [4.69, 9.17) is 9.47 Å². The quantitative estimate of drug-likeness (QED) is 0.862. The van der Waals surface area contributed by atoms with Gasteiger partial charge in [-0.1, -0.05) is 0 Å². The Morgan fingerprint density at radius 1 is 1.50 bits per heavy atom. The van der Waals surface area contributed by atoms with E-state index in [1.54, 1.807) is 7.11 Å². The minimum absolute atomic E-state index is 0.342. The number of aliphatic hydroxyl groups is 1. The van der Waals surface area contributed by atoms with Crippen LogP contribution >= 0.6 is 15.9 Å². The zero-order valence-corrected chi connectivity index (χ0v) is 11.2. The van der Waals surface area contributed by atoms with Gasteiger partial charge in [0.2, 0.25) is 0 Å². The SMILES string of the molecule is COc1cc2c(cc1Br)C(O)CC(C)(C)O2. The van der Waals surface area contributed by atoms with Gasteiger partial charge in [0.05, 0.1) is 17.7 Å². The first kappa shape index (κ1) is 11.7. The largest absolute Gasteiger partial charge is 0.495 e. The zero-order valence-electron chi connectivity index (χ0n) is 9.58. The van der Waals surface area contributed by atoms with Crippen molar-refractivity contribution in [3.63, 3.8) is 0 Å². The third kappa shape index (κ3) is 2.04. The van der Waals surface area contributed by atoms with Gasteiger partial charge >= 0.3 is 0 Å². The number of hydrogen-bond donors (Lipinski definition) is 1. The van der Waals surface area contributed by atoms with Crippen molar-refractivity contribution in [2.45, 2.75) is 32.0 Å². The number of hydrogen-bond acceptors (Lipinski definition) is 3. The Bertz CT molecular complexity index is 415. The lowest BCUT2D eigenvalue weighted by Gasteiger charge is -2.35. The van der Waals surface area contributed by atoms with Crippen molar-refractivity contribution in [2.24, 2.45) is 0 Å². The molecule has 0 radical (unpaired) electrons. The van der Waals surface area contributed by atoms with Crippen molar-refractivity contribution in [2.75, 3.05) is 7.11 Å². The van der Waals surface area contributed by atoms with Crippen LogP contribution in [0, 0.1) is 0 Å². The first-order valence-corrected chi connectivity index (χ1v) is 5.97. The van der Waals surface area contributed by atoms with Crippen LogP contribution in [-0.2, 0) is 0 Å². The van der Waals surface area contributed by atoms with Gasteiger partial charge in [-0.05, 0) is 35.8 Å². The molecule has 0 spiro atoms. The van der Waals surface area contributed by atoms with Crippen LogP contribution < -0.4 is 9.47 Å². The summed E-state index contributed by atoms with van der Waals surface area (Å²) in [6.45, 7) is 3.93. The highest BCUT2D eigenvalue weighted by Crippen LogP contribution is 2.43. The van der Waals surface area contributed by atoms with E-state index < -0.39 is 6.10 Å². The molecular weight excluding hydrogens is 272 g/mol. The maximum absolute atomic E-state index is 10.0. The Labute approximate surface area is 104 Å². The molecule has 0 aromatic heterocycles. The molecule has 0 saturated heterocycles. The van der Waals surface area contributed by atoms with E-state index >= 15 is 0 Å². The number of benzene rings is 1. The number of ether oxygens (including phenoxy) is 2. The van der Waals surface area contributed by atoms with Crippen LogP contribution in [-0.4, -0.2) is 17.8 Å². The summed E-state index contributed by atoms with van der Waals surface area (Å²) in [5.74, 6) is 1.41. The van der Waals surface area contributed by atoms with Crippen LogP contribution in [0.1, 0.15) is 31.9 Å². The molecule has 1 aromatic carbocycles. The summed E-state index contributed by atoms with van der Waals surface area (Å²) in [6, 6.07) is 3.66. The molecule has 0 fully saturated rings. The fourth-order valence-electron chi connectivity index (χ4n) is 1.97. The molecule has 1 aliphatic heterocycles. The summed E-state index contributed by atoms with van der Waals surface area (Å²) in [5.41, 5.74) is 0.470. The Morgan fingerprint density at radius 3 is 2.81 bits per heavy atom. The van der Waals surface area contributed by atoms with Crippen LogP contribution in [0.4, 0.5) is 0 Å². The number of aliphatic hydroxyl groups excluding tert-OH is 1. The summed E-state index contributed by atoms with van der Waals surface area (Å²) in [6.07, 6.45) is 0.111. The van der Waals surface area contributed by atoms with Crippen LogP contribution in [0.15, 0.2) is 16.6 Å². The van der Waals surface area contributed by atoms with Crippen molar-refractivity contribution < 1.29 is 14.6 Å². The highest BCUT2D eigenvalue weighted by molar-refractivity contribution is 9.10. The Kier molecular flexibility index (Phi) is 2.88. The Balaban J connectivity index is 2.49. The van der Waals surface area contributed by atoms with Crippen molar-refractivity contribution in [3.8, 4) is 11.5 Å². The number of fused-ring (bicyclic) bond motifs is 1. The molecule has 16 heavy (non-hydrogen) atoms. The van der Waals surface area contributed by atoms with Gasteiger partial charge in [0.25, 0.3) is 0 Å². The van der Waals surface area contributed by atoms with E-state index in [-0.39, 0.29) is 5.60 Å². The summed E-state index contributed by atoms with van der Waals surface area (Å²) in [5, 5.41) is 10.0. The van der Waals surface area contributed by atoms with E-state index in [2.05, 4.69) is 15.9 Å². The predicted octanol–water partition coefficient (Wildman–Crippen LogP) is 3.05. The van der Waals surface area contributed by atoms with Crippen molar-refractivity contribution >= 4 is 15.9 Å². The summed E-state index contributed by atoms with van der Waals surface area (Å²) in [4.78, 5) is 0. The molecule has 1 unspecified atom stereocenters. The average molecular weight is 287 g/mol. The molecule has 0 saturated carbocycles. The van der Waals surface area contributed by atoms with E-state index in [0.29, 0.717) is 17.9 Å². The number of halogens is 1. The third-order valence-electron chi connectivity index (χ3n) is 2.71. The summed E-state index contributed by atoms with van der Waals surface area (Å²) < 4.78 is 11.9. The van der Waals surface area contributed by atoms with Crippen molar-refractivity contribution in [1.82, 2.24) is 0 Å². The lowest BCUT2D eigenvalue weighted by molar-refractivity contribution is 0.0113. The Hall–Kier alpha value is -0.740. The van der Waals surface area contributed by atoms with E-state index in [9.17, 15) is 5.11 Å². The number of rotatable bonds is 1. The molecular formula is C12H15BrO3.